The van der Waals surface area contributed by atoms with Crippen LogP contribution in [0.1, 0.15) is 28.7 Å². The molecule has 1 heterocycles. The minimum atomic E-state index is -0.337. The van der Waals surface area contributed by atoms with E-state index in [1.807, 2.05) is 0 Å². The van der Waals surface area contributed by atoms with Gasteiger partial charge in [-0.25, -0.2) is 4.39 Å². The number of aryl methyl sites for hydroxylation is 1. The van der Waals surface area contributed by atoms with Crippen molar-refractivity contribution >= 4 is 27.3 Å². The summed E-state index contributed by atoms with van der Waals surface area (Å²) < 4.78 is 20.0. The van der Waals surface area contributed by atoms with Crippen LogP contribution in [0.5, 0.6) is 5.75 Å². The zero-order valence-corrected chi connectivity index (χ0v) is 14.6. The smallest absolute Gasteiger partial charge is 0.165 e. The first-order valence-electron chi connectivity index (χ1n) is 6.97. The van der Waals surface area contributed by atoms with E-state index in [9.17, 15) is 4.39 Å². The van der Waals surface area contributed by atoms with Gasteiger partial charge in [0.1, 0.15) is 6.61 Å². The molecule has 0 amide bonds. The van der Waals surface area contributed by atoms with Crippen molar-refractivity contribution in [1.29, 1.82) is 0 Å². The molecule has 0 saturated carbocycles. The van der Waals surface area contributed by atoms with Crippen LogP contribution in [0.2, 0.25) is 0 Å². The summed E-state index contributed by atoms with van der Waals surface area (Å²) in [7, 11) is 0. The van der Waals surface area contributed by atoms with Crippen LogP contribution >= 0.6 is 27.3 Å². The quantitative estimate of drug-likeness (QED) is 0.688. The number of rotatable bonds is 7. The van der Waals surface area contributed by atoms with Gasteiger partial charge in [0.25, 0.3) is 0 Å². The number of hydrogen-bond acceptors (Lipinski definition) is 3. The maximum absolute atomic E-state index is 13.6. The molecule has 0 saturated heterocycles. The van der Waals surface area contributed by atoms with Gasteiger partial charge in [-0.05, 0) is 44.2 Å². The Hall–Kier alpha value is -0.910. The third-order valence-corrected chi connectivity index (χ3v) is 4.66. The van der Waals surface area contributed by atoms with Crippen molar-refractivity contribution in [1.82, 2.24) is 5.32 Å². The van der Waals surface area contributed by atoms with Gasteiger partial charge < -0.3 is 10.1 Å². The van der Waals surface area contributed by atoms with Gasteiger partial charge in [0.05, 0.1) is 0 Å². The van der Waals surface area contributed by atoms with Gasteiger partial charge in [0.15, 0.2) is 11.6 Å². The summed E-state index contributed by atoms with van der Waals surface area (Å²) in [6.07, 6.45) is 1.13. The lowest BCUT2D eigenvalue weighted by Crippen LogP contribution is -2.12. The second-order valence-electron chi connectivity index (χ2n) is 4.83. The molecule has 2 nitrogen and oxygen atoms in total. The highest BCUT2D eigenvalue weighted by Crippen LogP contribution is 2.26. The molecule has 0 aliphatic heterocycles. The highest BCUT2D eigenvalue weighted by atomic mass is 79.9. The van der Waals surface area contributed by atoms with E-state index in [2.05, 4.69) is 41.2 Å². The van der Waals surface area contributed by atoms with E-state index in [4.69, 9.17) is 4.74 Å². The molecule has 0 spiro atoms. The molecule has 2 rings (SSSR count). The normalized spacial score (nSPS) is 10.9. The van der Waals surface area contributed by atoms with E-state index < -0.39 is 0 Å². The Kier molecular flexibility index (Phi) is 6.21. The zero-order valence-electron chi connectivity index (χ0n) is 12.2. The first kappa shape index (κ1) is 16.5. The monoisotopic (exact) mass is 371 g/mol. The fourth-order valence-corrected chi connectivity index (χ4v) is 3.31. The molecule has 1 aromatic carbocycles. The third-order valence-electron chi connectivity index (χ3n) is 3.07. The van der Waals surface area contributed by atoms with E-state index in [-0.39, 0.29) is 11.6 Å². The zero-order chi connectivity index (χ0) is 15.2. The second-order valence-corrected chi connectivity index (χ2v) is 7.09. The van der Waals surface area contributed by atoms with E-state index in [0.717, 1.165) is 29.5 Å². The van der Waals surface area contributed by atoms with Crippen LogP contribution in [0.4, 0.5) is 4.39 Å². The van der Waals surface area contributed by atoms with Crippen molar-refractivity contribution in [3.8, 4) is 5.75 Å². The lowest BCUT2D eigenvalue weighted by Gasteiger charge is -2.07. The Bertz CT molecular complexity index is 600. The molecule has 2 aromatic rings. The van der Waals surface area contributed by atoms with Gasteiger partial charge in [-0.15, -0.1) is 11.3 Å². The molecule has 0 radical (unpaired) electrons. The topological polar surface area (TPSA) is 21.3 Å². The summed E-state index contributed by atoms with van der Waals surface area (Å²) in [5.74, 6) is -0.0587. The van der Waals surface area contributed by atoms with Gasteiger partial charge in [-0.1, -0.05) is 22.9 Å². The highest BCUT2D eigenvalue weighted by molar-refractivity contribution is 9.10. The number of thiophene rings is 1. The fourth-order valence-electron chi connectivity index (χ4n) is 1.95. The molecule has 0 aliphatic rings. The van der Waals surface area contributed by atoms with E-state index in [1.54, 1.807) is 23.5 Å². The van der Waals surface area contributed by atoms with Crippen LogP contribution in [0, 0.1) is 12.7 Å². The summed E-state index contributed by atoms with van der Waals surface area (Å²) >= 11 is 5.09. The van der Waals surface area contributed by atoms with E-state index in [1.165, 1.54) is 15.8 Å². The molecular weight excluding hydrogens is 353 g/mol. The van der Waals surface area contributed by atoms with Crippen LogP contribution in [0.3, 0.4) is 0 Å². The molecule has 1 N–H and O–H groups in total. The Morgan fingerprint density at radius 3 is 2.90 bits per heavy atom. The molecule has 1 aromatic heterocycles. The first-order chi connectivity index (χ1) is 10.1. The van der Waals surface area contributed by atoms with Gasteiger partial charge >= 0.3 is 0 Å². The largest absolute Gasteiger partial charge is 0.486 e. The summed E-state index contributed by atoms with van der Waals surface area (Å²) in [6, 6.07) is 6.86. The van der Waals surface area contributed by atoms with Crippen LogP contribution in [-0.4, -0.2) is 6.54 Å². The van der Waals surface area contributed by atoms with Crippen LogP contribution < -0.4 is 10.1 Å². The van der Waals surface area contributed by atoms with E-state index in [0.29, 0.717) is 6.61 Å². The van der Waals surface area contributed by atoms with Crippen LogP contribution in [0.15, 0.2) is 28.7 Å². The van der Waals surface area contributed by atoms with Gasteiger partial charge in [-0.3, -0.25) is 0 Å². The standard InChI is InChI=1S/C16H19BrFNOS/c1-3-6-19-9-14-7-12(11(2)21-14)10-20-16-8-13(17)4-5-15(16)18/h4-5,7-8,19H,3,6,9-10H2,1-2H3. The third kappa shape index (κ3) is 4.80. The Balaban J connectivity index is 1.98. The molecular formula is C16H19BrFNOS. The van der Waals surface area contributed by atoms with Crippen molar-refractivity contribution in [2.45, 2.75) is 33.4 Å². The summed E-state index contributed by atoms with van der Waals surface area (Å²) in [6.45, 7) is 6.52. The van der Waals surface area contributed by atoms with Crippen molar-refractivity contribution in [2.75, 3.05) is 6.54 Å². The number of hydrogen-bond donors (Lipinski definition) is 1. The molecule has 5 heteroatoms. The lowest BCUT2D eigenvalue weighted by molar-refractivity contribution is 0.290. The summed E-state index contributed by atoms with van der Waals surface area (Å²) in [5, 5.41) is 3.39. The number of nitrogens with one attached hydrogen (secondary N) is 1. The van der Waals surface area contributed by atoms with Crippen molar-refractivity contribution in [3.05, 3.63) is 49.9 Å². The minimum Gasteiger partial charge on any atom is -0.486 e. The number of ether oxygens (including phenoxy) is 1. The molecule has 0 unspecified atom stereocenters. The number of halogens is 2. The average molecular weight is 372 g/mol. The first-order valence-corrected chi connectivity index (χ1v) is 8.58. The maximum Gasteiger partial charge on any atom is 0.165 e. The molecule has 21 heavy (non-hydrogen) atoms. The predicted molar refractivity (Wildman–Crippen MR) is 89.5 cm³/mol. The summed E-state index contributed by atoms with van der Waals surface area (Å²) in [5.41, 5.74) is 1.12. The minimum absolute atomic E-state index is 0.278. The highest BCUT2D eigenvalue weighted by Gasteiger charge is 2.09. The lowest BCUT2D eigenvalue weighted by atomic mass is 10.2. The fraction of sp³-hybridized carbons (Fsp3) is 0.375. The molecule has 0 atom stereocenters. The SMILES string of the molecule is CCCNCc1cc(COc2cc(Br)ccc2F)c(C)s1. The molecule has 0 fully saturated rings. The Morgan fingerprint density at radius 2 is 2.14 bits per heavy atom. The van der Waals surface area contributed by atoms with Gasteiger partial charge in [0, 0.05) is 26.3 Å². The molecule has 0 bridgehead atoms. The summed E-state index contributed by atoms with van der Waals surface area (Å²) in [4.78, 5) is 2.51. The Morgan fingerprint density at radius 1 is 1.33 bits per heavy atom. The van der Waals surface area contributed by atoms with Crippen molar-refractivity contribution in [3.63, 3.8) is 0 Å². The number of benzene rings is 1. The van der Waals surface area contributed by atoms with Crippen LogP contribution in [-0.2, 0) is 13.2 Å². The predicted octanol–water partition coefficient (Wildman–Crippen LogP) is 5.04. The van der Waals surface area contributed by atoms with Gasteiger partial charge in [0.2, 0.25) is 0 Å². The average Bonchev–Trinajstić information content (AvgIpc) is 2.80. The van der Waals surface area contributed by atoms with Crippen molar-refractivity contribution < 1.29 is 9.13 Å². The van der Waals surface area contributed by atoms with Crippen LogP contribution in [0.25, 0.3) is 0 Å². The van der Waals surface area contributed by atoms with E-state index >= 15 is 0 Å². The second kappa shape index (κ2) is 7.92. The van der Waals surface area contributed by atoms with Crippen molar-refractivity contribution in [2.24, 2.45) is 0 Å². The Labute approximate surface area is 137 Å². The molecule has 114 valence electrons. The maximum atomic E-state index is 13.6. The van der Waals surface area contributed by atoms with Gasteiger partial charge in [-0.2, -0.15) is 0 Å². The molecule has 0 aliphatic carbocycles.